The molecule has 0 bridgehead atoms. The quantitative estimate of drug-likeness (QED) is 0.559. The van der Waals surface area contributed by atoms with E-state index in [0.29, 0.717) is 46.3 Å². The molecule has 0 amide bonds. The lowest BCUT2D eigenvalue weighted by Crippen LogP contribution is -2.35. The molecule has 2 aliphatic rings. The Kier molecular flexibility index (Phi) is 6.81. The van der Waals surface area contributed by atoms with E-state index in [4.69, 9.17) is 36.3 Å². The SMILES string of the molecule is COC(=O)C1=C(N)OC2=C(C(=O)CC(C)(C)C2)[C@H]1c1ccc(OC)c(COc2cccc(Cl)c2)c1. The minimum absolute atomic E-state index is 0.0568. The summed E-state index contributed by atoms with van der Waals surface area (Å²) in [4.78, 5) is 26.1. The van der Waals surface area contributed by atoms with Crippen molar-refractivity contribution in [3.63, 3.8) is 0 Å². The molecule has 2 N–H and O–H groups in total. The number of hydrogen-bond donors (Lipinski definition) is 1. The van der Waals surface area contributed by atoms with Crippen LogP contribution >= 0.6 is 11.6 Å². The average Bonchev–Trinajstić information content (AvgIpc) is 2.80. The Morgan fingerprint density at radius 1 is 1.17 bits per heavy atom. The zero-order valence-electron chi connectivity index (χ0n) is 20.1. The number of ketones is 1. The Hall–Kier alpha value is -3.45. The maximum atomic E-state index is 13.3. The summed E-state index contributed by atoms with van der Waals surface area (Å²) < 4.78 is 22.3. The van der Waals surface area contributed by atoms with Crippen LogP contribution in [0.3, 0.4) is 0 Å². The standard InChI is InChI=1S/C27H28ClNO6/c1-27(2)12-19(30)23-21(13-27)35-25(29)24(26(31)33-4)22(23)15-8-9-20(32-3)16(10-15)14-34-18-7-5-6-17(28)11-18/h5-11,22H,12-14,29H2,1-4H3/t22-/m1/s1. The molecule has 2 aromatic rings. The molecule has 4 rings (SSSR count). The van der Waals surface area contributed by atoms with Crippen molar-refractivity contribution in [2.24, 2.45) is 11.1 Å². The van der Waals surface area contributed by atoms with Gasteiger partial charge in [0.15, 0.2) is 5.78 Å². The maximum absolute atomic E-state index is 13.3. The van der Waals surface area contributed by atoms with Crippen molar-refractivity contribution in [3.05, 3.63) is 81.4 Å². The third kappa shape index (κ3) is 5.00. The highest BCUT2D eigenvalue weighted by Gasteiger charge is 2.45. The van der Waals surface area contributed by atoms with Crippen LogP contribution in [-0.4, -0.2) is 26.0 Å². The van der Waals surface area contributed by atoms with Crippen LogP contribution in [0.15, 0.2) is 65.3 Å². The van der Waals surface area contributed by atoms with Crippen LogP contribution in [0, 0.1) is 5.41 Å². The lowest BCUT2D eigenvalue weighted by Gasteiger charge is -2.38. The second kappa shape index (κ2) is 9.66. The molecule has 0 unspecified atom stereocenters. The highest BCUT2D eigenvalue weighted by molar-refractivity contribution is 6.30. The Labute approximate surface area is 209 Å². The Bertz CT molecular complexity index is 1250. The maximum Gasteiger partial charge on any atom is 0.340 e. The van der Waals surface area contributed by atoms with Gasteiger partial charge in [0, 0.05) is 29.0 Å². The van der Waals surface area contributed by atoms with Crippen molar-refractivity contribution in [1.82, 2.24) is 0 Å². The predicted octanol–water partition coefficient (Wildman–Crippen LogP) is 5.03. The predicted molar refractivity (Wildman–Crippen MR) is 131 cm³/mol. The van der Waals surface area contributed by atoms with Crippen LogP contribution in [0.25, 0.3) is 0 Å². The normalized spacial score (nSPS) is 19.1. The Morgan fingerprint density at radius 3 is 2.63 bits per heavy atom. The van der Waals surface area contributed by atoms with Gasteiger partial charge < -0.3 is 24.7 Å². The van der Waals surface area contributed by atoms with E-state index >= 15 is 0 Å². The number of carbonyl (C=O) groups excluding carboxylic acids is 2. The van der Waals surface area contributed by atoms with Gasteiger partial charge in [0.2, 0.25) is 5.88 Å². The van der Waals surface area contributed by atoms with E-state index in [-0.39, 0.29) is 29.3 Å². The fraction of sp³-hybridized carbons (Fsp3) is 0.333. The van der Waals surface area contributed by atoms with Crippen molar-refractivity contribution in [2.75, 3.05) is 14.2 Å². The van der Waals surface area contributed by atoms with E-state index in [1.807, 2.05) is 26.0 Å². The first-order chi connectivity index (χ1) is 16.6. The molecule has 0 radical (unpaired) electrons. The molecule has 1 heterocycles. The molecule has 1 atom stereocenters. The number of rotatable bonds is 6. The molecule has 0 fully saturated rings. The van der Waals surface area contributed by atoms with Crippen molar-refractivity contribution in [3.8, 4) is 11.5 Å². The van der Waals surface area contributed by atoms with Gasteiger partial charge in [0.1, 0.15) is 29.4 Å². The smallest absolute Gasteiger partial charge is 0.340 e. The van der Waals surface area contributed by atoms with E-state index in [0.717, 1.165) is 5.56 Å². The number of ether oxygens (including phenoxy) is 4. The third-order valence-corrected chi connectivity index (χ3v) is 6.42. The summed E-state index contributed by atoms with van der Waals surface area (Å²) in [5.74, 6) is 0.181. The Morgan fingerprint density at radius 2 is 1.94 bits per heavy atom. The highest BCUT2D eigenvalue weighted by Crippen LogP contribution is 2.48. The van der Waals surface area contributed by atoms with Crippen LogP contribution in [0.4, 0.5) is 0 Å². The van der Waals surface area contributed by atoms with Gasteiger partial charge in [-0.1, -0.05) is 37.6 Å². The van der Waals surface area contributed by atoms with Gasteiger partial charge in [0.25, 0.3) is 0 Å². The van der Waals surface area contributed by atoms with Crippen LogP contribution < -0.4 is 15.2 Å². The van der Waals surface area contributed by atoms with Crippen molar-refractivity contribution >= 4 is 23.4 Å². The van der Waals surface area contributed by atoms with Gasteiger partial charge in [-0.15, -0.1) is 0 Å². The summed E-state index contributed by atoms with van der Waals surface area (Å²) in [6.07, 6.45) is 0.863. The average molecular weight is 498 g/mol. The van der Waals surface area contributed by atoms with E-state index in [9.17, 15) is 9.59 Å². The summed E-state index contributed by atoms with van der Waals surface area (Å²) in [6, 6.07) is 12.5. The summed E-state index contributed by atoms with van der Waals surface area (Å²) in [6.45, 7) is 4.18. The highest BCUT2D eigenvalue weighted by atomic mass is 35.5. The molecule has 2 aromatic carbocycles. The second-order valence-corrected chi connectivity index (χ2v) is 9.84. The van der Waals surface area contributed by atoms with Crippen LogP contribution in [0.1, 0.15) is 43.7 Å². The first-order valence-electron chi connectivity index (χ1n) is 11.2. The zero-order chi connectivity index (χ0) is 25.3. The van der Waals surface area contributed by atoms with Gasteiger partial charge in [-0.3, -0.25) is 4.79 Å². The third-order valence-electron chi connectivity index (χ3n) is 6.19. The van der Waals surface area contributed by atoms with Gasteiger partial charge in [-0.25, -0.2) is 4.79 Å². The number of methoxy groups -OCH3 is 2. The molecular weight excluding hydrogens is 470 g/mol. The first-order valence-corrected chi connectivity index (χ1v) is 11.6. The summed E-state index contributed by atoms with van der Waals surface area (Å²) in [5.41, 5.74) is 7.89. The molecule has 0 spiro atoms. The summed E-state index contributed by atoms with van der Waals surface area (Å²) >= 11 is 6.07. The van der Waals surface area contributed by atoms with E-state index in [1.54, 1.807) is 37.4 Å². The number of benzene rings is 2. The van der Waals surface area contributed by atoms with Gasteiger partial charge in [-0.2, -0.15) is 0 Å². The fourth-order valence-corrected chi connectivity index (χ4v) is 4.82. The Balaban J connectivity index is 1.79. The molecular formula is C27H28ClNO6. The van der Waals surface area contributed by atoms with Gasteiger partial charge in [0.05, 0.1) is 20.1 Å². The van der Waals surface area contributed by atoms with Crippen LogP contribution in [0.2, 0.25) is 5.02 Å². The lowest BCUT2D eigenvalue weighted by atomic mass is 9.70. The number of Topliss-reactive ketones (excluding diaryl/α,β-unsaturated/α-hetero) is 1. The largest absolute Gasteiger partial charge is 0.496 e. The molecule has 35 heavy (non-hydrogen) atoms. The number of hydrogen-bond acceptors (Lipinski definition) is 7. The minimum Gasteiger partial charge on any atom is -0.496 e. The van der Waals surface area contributed by atoms with Gasteiger partial charge in [-0.05, 0) is 41.3 Å². The van der Waals surface area contributed by atoms with Gasteiger partial charge >= 0.3 is 5.97 Å². The number of allylic oxidation sites excluding steroid dienone is 2. The molecule has 7 nitrogen and oxygen atoms in total. The van der Waals surface area contributed by atoms with E-state index in [2.05, 4.69) is 0 Å². The number of esters is 1. The molecule has 0 saturated carbocycles. The lowest BCUT2D eigenvalue weighted by molar-refractivity contribution is -0.136. The second-order valence-electron chi connectivity index (χ2n) is 9.40. The number of halogens is 1. The molecule has 8 heteroatoms. The minimum atomic E-state index is -0.731. The summed E-state index contributed by atoms with van der Waals surface area (Å²) in [7, 11) is 2.84. The van der Waals surface area contributed by atoms with Crippen LogP contribution in [0.5, 0.6) is 11.5 Å². The first kappa shape index (κ1) is 24.7. The molecule has 184 valence electrons. The molecule has 1 aliphatic carbocycles. The molecule has 0 saturated heterocycles. The van der Waals surface area contributed by atoms with Crippen molar-refractivity contribution < 1.29 is 28.5 Å². The topological polar surface area (TPSA) is 97.1 Å². The van der Waals surface area contributed by atoms with Crippen molar-refractivity contribution in [2.45, 2.75) is 39.2 Å². The molecule has 0 aromatic heterocycles. The number of nitrogens with two attached hydrogens (primary N) is 1. The monoisotopic (exact) mass is 497 g/mol. The van der Waals surface area contributed by atoms with E-state index < -0.39 is 11.9 Å². The zero-order valence-corrected chi connectivity index (χ0v) is 20.9. The van der Waals surface area contributed by atoms with Crippen LogP contribution in [-0.2, 0) is 25.7 Å². The molecule has 1 aliphatic heterocycles. The fourth-order valence-electron chi connectivity index (χ4n) is 4.64. The number of carbonyl (C=O) groups is 2. The van der Waals surface area contributed by atoms with E-state index in [1.165, 1.54) is 7.11 Å². The van der Waals surface area contributed by atoms with Crippen molar-refractivity contribution in [1.29, 1.82) is 0 Å². The summed E-state index contributed by atoms with van der Waals surface area (Å²) in [5, 5.41) is 0.562.